The van der Waals surface area contributed by atoms with Crippen LogP contribution in [0.4, 0.5) is 4.79 Å². The third kappa shape index (κ3) is 3.56. The molecule has 0 heterocycles. The Morgan fingerprint density at radius 2 is 2.31 bits per heavy atom. The number of hydrogen-bond donors (Lipinski definition) is 1. The van der Waals surface area contributed by atoms with Crippen LogP contribution in [0.5, 0.6) is 0 Å². The van der Waals surface area contributed by atoms with Gasteiger partial charge in [-0.15, -0.1) is 0 Å². The highest BCUT2D eigenvalue weighted by Crippen LogP contribution is 2.31. The Morgan fingerprint density at radius 1 is 1.56 bits per heavy atom. The molecule has 0 aromatic rings. The molecule has 0 unspecified atom stereocenters. The van der Waals surface area contributed by atoms with Gasteiger partial charge >= 0.3 is 6.03 Å². The highest BCUT2D eigenvalue weighted by molar-refractivity contribution is 7.99. The molecule has 1 N–H and O–H groups in total. The topological polar surface area (TPSA) is 41.6 Å². The Hall–Kier alpha value is -0.420. The first kappa shape index (κ1) is 13.6. The SMILES string of the molecule is COCCNC(=O)N(C)[C@H]1CCC[C@H]1SC. The Bertz CT molecular complexity index is 226. The number of carbonyl (C=O) groups excluding carboxylic acids is 1. The Labute approximate surface area is 102 Å². The lowest BCUT2D eigenvalue weighted by atomic mass is 10.2. The molecular formula is C11H22N2O2S. The third-order valence-electron chi connectivity index (χ3n) is 3.12. The third-order valence-corrected chi connectivity index (χ3v) is 4.28. The number of nitrogens with one attached hydrogen (secondary N) is 1. The number of urea groups is 1. The van der Waals surface area contributed by atoms with Gasteiger partial charge in [-0.1, -0.05) is 6.42 Å². The summed E-state index contributed by atoms with van der Waals surface area (Å²) >= 11 is 1.87. The molecule has 0 saturated heterocycles. The fourth-order valence-electron chi connectivity index (χ4n) is 2.16. The molecule has 2 amide bonds. The lowest BCUT2D eigenvalue weighted by molar-refractivity contribution is 0.176. The molecule has 0 radical (unpaired) electrons. The maximum Gasteiger partial charge on any atom is 0.317 e. The van der Waals surface area contributed by atoms with Gasteiger partial charge in [-0.25, -0.2) is 4.79 Å². The van der Waals surface area contributed by atoms with Gasteiger partial charge in [0.1, 0.15) is 0 Å². The molecular weight excluding hydrogens is 224 g/mol. The average Bonchev–Trinajstić information content (AvgIpc) is 2.76. The smallest absolute Gasteiger partial charge is 0.317 e. The number of nitrogens with zero attached hydrogens (tertiary/aromatic N) is 1. The van der Waals surface area contributed by atoms with Crippen LogP contribution in [-0.2, 0) is 4.74 Å². The Balaban J connectivity index is 2.37. The van der Waals surface area contributed by atoms with E-state index >= 15 is 0 Å². The zero-order chi connectivity index (χ0) is 12.0. The number of hydrogen-bond acceptors (Lipinski definition) is 3. The van der Waals surface area contributed by atoms with E-state index in [0.29, 0.717) is 24.4 Å². The van der Waals surface area contributed by atoms with Gasteiger partial charge in [-0.3, -0.25) is 0 Å². The molecule has 5 heteroatoms. The van der Waals surface area contributed by atoms with Gasteiger partial charge in [0.15, 0.2) is 0 Å². The van der Waals surface area contributed by atoms with E-state index in [0.717, 1.165) is 6.42 Å². The van der Waals surface area contributed by atoms with Crippen LogP contribution in [0.1, 0.15) is 19.3 Å². The zero-order valence-electron chi connectivity index (χ0n) is 10.4. The van der Waals surface area contributed by atoms with Crippen molar-refractivity contribution in [3.63, 3.8) is 0 Å². The molecule has 1 fully saturated rings. The summed E-state index contributed by atoms with van der Waals surface area (Å²) in [6.45, 7) is 1.15. The van der Waals surface area contributed by atoms with E-state index in [1.807, 2.05) is 23.7 Å². The average molecular weight is 246 g/mol. The van der Waals surface area contributed by atoms with Crippen molar-refractivity contribution in [1.29, 1.82) is 0 Å². The summed E-state index contributed by atoms with van der Waals surface area (Å²) in [6, 6.07) is 0.403. The fraction of sp³-hybridized carbons (Fsp3) is 0.909. The lowest BCUT2D eigenvalue weighted by Crippen LogP contribution is -2.46. The van der Waals surface area contributed by atoms with E-state index in [9.17, 15) is 4.79 Å². The summed E-state index contributed by atoms with van der Waals surface area (Å²) in [7, 11) is 3.53. The Morgan fingerprint density at radius 3 is 2.94 bits per heavy atom. The van der Waals surface area contributed by atoms with Crippen LogP contribution in [0.3, 0.4) is 0 Å². The fourth-order valence-corrected chi connectivity index (χ4v) is 3.19. The van der Waals surface area contributed by atoms with Crippen molar-refractivity contribution in [2.75, 3.05) is 33.6 Å². The van der Waals surface area contributed by atoms with Crippen LogP contribution in [0.15, 0.2) is 0 Å². The monoisotopic (exact) mass is 246 g/mol. The largest absolute Gasteiger partial charge is 0.383 e. The maximum absolute atomic E-state index is 11.8. The van der Waals surface area contributed by atoms with Crippen molar-refractivity contribution in [1.82, 2.24) is 10.2 Å². The quantitative estimate of drug-likeness (QED) is 0.749. The van der Waals surface area contributed by atoms with E-state index in [2.05, 4.69) is 11.6 Å². The van der Waals surface area contributed by atoms with Crippen molar-refractivity contribution in [2.45, 2.75) is 30.6 Å². The van der Waals surface area contributed by atoms with Crippen LogP contribution >= 0.6 is 11.8 Å². The lowest BCUT2D eigenvalue weighted by Gasteiger charge is -2.29. The summed E-state index contributed by atoms with van der Waals surface area (Å²) in [6.07, 6.45) is 5.70. The first-order valence-electron chi connectivity index (χ1n) is 5.73. The van der Waals surface area contributed by atoms with Crippen molar-refractivity contribution in [3.8, 4) is 0 Å². The van der Waals surface area contributed by atoms with Gasteiger partial charge < -0.3 is 15.0 Å². The molecule has 16 heavy (non-hydrogen) atoms. The summed E-state index contributed by atoms with van der Waals surface area (Å²) in [5, 5.41) is 3.45. The van der Waals surface area contributed by atoms with Gasteiger partial charge in [0, 0.05) is 32.0 Å². The summed E-state index contributed by atoms with van der Waals surface area (Å²) in [4.78, 5) is 13.7. The van der Waals surface area contributed by atoms with Crippen molar-refractivity contribution in [3.05, 3.63) is 0 Å². The highest BCUT2D eigenvalue weighted by atomic mass is 32.2. The second kappa shape index (κ2) is 7.01. The molecule has 0 aromatic carbocycles. The minimum atomic E-state index is 0.0167. The van der Waals surface area contributed by atoms with E-state index in [1.54, 1.807) is 7.11 Å². The molecule has 1 rings (SSSR count). The number of thioether (sulfide) groups is 1. The molecule has 1 saturated carbocycles. The number of carbonyl (C=O) groups is 1. The van der Waals surface area contributed by atoms with Crippen LogP contribution < -0.4 is 5.32 Å². The molecule has 1 aliphatic carbocycles. The maximum atomic E-state index is 11.8. The van der Waals surface area contributed by atoms with Crippen molar-refractivity contribution < 1.29 is 9.53 Å². The standard InChI is InChI=1S/C11H22N2O2S/c1-13(11(14)12-7-8-15-2)9-5-4-6-10(9)16-3/h9-10H,4-8H2,1-3H3,(H,12,14)/t9-,10+/m0/s1. The first-order valence-corrected chi connectivity index (χ1v) is 7.02. The van der Waals surface area contributed by atoms with Gasteiger partial charge in [-0.2, -0.15) is 11.8 Å². The van der Waals surface area contributed by atoms with Crippen LogP contribution in [0, 0.1) is 0 Å². The van der Waals surface area contributed by atoms with E-state index < -0.39 is 0 Å². The zero-order valence-corrected chi connectivity index (χ0v) is 11.2. The minimum absolute atomic E-state index is 0.0167. The highest BCUT2D eigenvalue weighted by Gasteiger charge is 2.31. The van der Waals surface area contributed by atoms with Crippen molar-refractivity contribution in [2.24, 2.45) is 0 Å². The molecule has 0 spiro atoms. The first-order chi connectivity index (χ1) is 7.70. The van der Waals surface area contributed by atoms with Crippen molar-refractivity contribution >= 4 is 17.8 Å². The summed E-state index contributed by atoms with van der Waals surface area (Å²) in [5.41, 5.74) is 0. The van der Waals surface area contributed by atoms with Crippen LogP contribution in [0.25, 0.3) is 0 Å². The molecule has 2 atom stereocenters. The predicted octanol–water partition coefficient (Wildman–Crippen LogP) is 1.56. The Kier molecular flexibility index (Phi) is 5.98. The van der Waals surface area contributed by atoms with E-state index in [-0.39, 0.29) is 6.03 Å². The molecule has 0 bridgehead atoms. The second-order valence-electron chi connectivity index (χ2n) is 4.11. The molecule has 1 aliphatic rings. The predicted molar refractivity (Wildman–Crippen MR) is 68.0 cm³/mol. The minimum Gasteiger partial charge on any atom is -0.383 e. The summed E-state index contributed by atoms with van der Waals surface area (Å²) in [5.74, 6) is 0. The van der Waals surface area contributed by atoms with Crippen LogP contribution in [-0.4, -0.2) is 55.8 Å². The molecule has 0 aliphatic heterocycles. The van der Waals surface area contributed by atoms with E-state index in [1.165, 1.54) is 12.8 Å². The normalized spacial score (nSPS) is 24.4. The van der Waals surface area contributed by atoms with Gasteiger partial charge in [0.05, 0.1) is 6.61 Å². The van der Waals surface area contributed by atoms with Gasteiger partial charge in [-0.05, 0) is 19.1 Å². The van der Waals surface area contributed by atoms with Gasteiger partial charge in [0.2, 0.25) is 0 Å². The summed E-state index contributed by atoms with van der Waals surface area (Å²) < 4.78 is 4.90. The number of rotatable bonds is 5. The number of ether oxygens (including phenoxy) is 1. The number of amides is 2. The van der Waals surface area contributed by atoms with E-state index in [4.69, 9.17) is 4.74 Å². The molecule has 0 aromatic heterocycles. The number of methoxy groups -OCH3 is 1. The molecule has 4 nitrogen and oxygen atoms in total. The van der Waals surface area contributed by atoms with Crippen LogP contribution in [0.2, 0.25) is 0 Å². The second-order valence-corrected chi connectivity index (χ2v) is 5.18. The van der Waals surface area contributed by atoms with Gasteiger partial charge in [0.25, 0.3) is 0 Å². The molecule has 94 valence electrons.